The monoisotopic (exact) mass is 180 g/mol. The first-order valence-electron chi connectivity index (χ1n) is 5.23. The maximum Gasteiger partial charge on any atom is 0.0598 e. The number of nitrogens with one attached hydrogen (secondary N) is 1. The molecule has 74 valence electrons. The Hall–Kier alpha value is -0.520. The van der Waals surface area contributed by atoms with Gasteiger partial charge in [0.25, 0.3) is 0 Å². The van der Waals surface area contributed by atoms with Gasteiger partial charge in [-0.05, 0) is 38.4 Å². The molecule has 1 saturated heterocycles. The maximum atomic E-state index is 5.30. The molecule has 0 saturated carbocycles. The minimum absolute atomic E-state index is 0.799. The molecule has 0 aromatic rings. The van der Waals surface area contributed by atoms with Gasteiger partial charge < -0.3 is 5.32 Å². The Balaban J connectivity index is 2.23. The highest BCUT2D eigenvalue weighted by molar-refractivity contribution is 4.88. The van der Waals surface area contributed by atoms with Crippen LogP contribution in [0.25, 0.3) is 0 Å². The molecule has 0 aliphatic carbocycles. The first-order valence-corrected chi connectivity index (χ1v) is 5.23. The van der Waals surface area contributed by atoms with E-state index in [0.29, 0.717) is 0 Å². The number of hydrogen-bond donors (Lipinski definition) is 1. The van der Waals surface area contributed by atoms with E-state index in [2.05, 4.69) is 23.1 Å². The molecular weight excluding hydrogens is 160 g/mol. The average Bonchev–Trinajstić information content (AvgIpc) is 2.19. The Labute approximate surface area is 81.7 Å². The predicted molar refractivity (Wildman–Crippen MR) is 56.5 cm³/mol. The van der Waals surface area contributed by atoms with Crippen LogP contribution < -0.4 is 5.32 Å². The molecule has 0 bridgehead atoms. The molecule has 1 fully saturated rings. The third-order valence-electron chi connectivity index (χ3n) is 2.68. The maximum absolute atomic E-state index is 5.30. The smallest absolute Gasteiger partial charge is 0.0598 e. The van der Waals surface area contributed by atoms with Gasteiger partial charge in [0.2, 0.25) is 0 Å². The van der Waals surface area contributed by atoms with Gasteiger partial charge in [-0.3, -0.25) is 4.90 Å². The third-order valence-corrected chi connectivity index (χ3v) is 2.68. The van der Waals surface area contributed by atoms with E-state index in [0.717, 1.165) is 25.6 Å². The first kappa shape index (κ1) is 10.6. The predicted octanol–water partition coefficient (Wildman–Crippen LogP) is 0.941. The standard InChI is InChI=1S/C11H20N2/c1-3-8-13(4-2)10-11-6-5-7-12-9-11/h1,11-12H,4-10H2,2H3. The zero-order valence-corrected chi connectivity index (χ0v) is 8.55. The number of hydrogen-bond acceptors (Lipinski definition) is 2. The van der Waals surface area contributed by atoms with Gasteiger partial charge in [0.05, 0.1) is 6.54 Å². The lowest BCUT2D eigenvalue weighted by atomic mass is 9.99. The fourth-order valence-electron chi connectivity index (χ4n) is 1.88. The van der Waals surface area contributed by atoms with Crippen molar-refractivity contribution in [1.82, 2.24) is 10.2 Å². The van der Waals surface area contributed by atoms with E-state index in [9.17, 15) is 0 Å². The van der Waals surface area contributed by atoms with Gasteiger partial charge in [0.15, 0.2) is 0 Å². The van der Waals surface area contributed by atoms with E-state index < -0.39 is 0 Å². The lowest BCUT2D eigenvalue weighted by Crippen LogP contribution is -2.38. The largest absolute Gasteiger partial charge is 0.316 e. The van der Waals surface area contributed by atoms with Gasteiger partial charge in [-0.2, -0.15) is 0 Å². The SMILES string of the molecule is C#CCN(CC)CC1CCCNC1. The lowest BCUT2D eigenvalue weighted by Gasteiger charge is -2.28. The van der Waals surface area contributed by atoms with Crippen molar-refractivity contribution in [2.45, 2.75) is 19.8 Å². The summed E-state index contributed by atoms with van der Waals surface area (Å²) in [4.78, 5) is 2.34. The summed E-state index contributed by atoms with van der Waals surface area (Å²) in [6.07, 6.45) is 7.98. The third kappa shape index (κ3) is 3.80. The molecular formula is C11H20N2. The van der Waals surface area contributed by atoms with Crippen molar-refractivity contribution in [3.05, 3.63) is 0 Å². The molecule has 0 spiro atoms. The Bertz CT molecular complexity index is 165. The van der Waals surface area contributed by atoms with Crippen molar-refractivity contribution in [3.8, 4) is 12.3 Å². The van der Waals surface area contributed by atoms with Crippen molar-refractivity contribution in [1.29, 1.82) is 0 Å². The topological polar surface area (TPSA) is 15.3 Å². The van der Waals surface area contributed by atoms with Crippen LogP contribution in [0.4, 0.5) is 0 Å². The van der Waals surface area contributed by atoms with Crippen LogP contribution in [0.2, 0.25) is 0 Å². The molecule has 0 aromatic heterocycles. The fraction of sp³-hybridized carbons (Fsp3) is 0.818. The molecule has 1 rings (SSSR count). The van der Waals surface area contributed by atoms with Gasteiger partial charge in [-0.15, -0.1) is 6.42 Å². The van der Waals surface area contributed by atoms with Crippen molar-refractivity contribution < 1.29 is 0 Å². The van der Waals surface area contributed by atoms with E-state index in [4.69, 9.17) is 6.42 Å². The van der Waals surface area contributed by atoms with Crippen molar-refractivity contribution in [3.63, 3.8) is 0 Å². The fourth-order valence-corrected chi connectivity index (χ4v) is 1.88. The van der Waals surface area contributed by atoms with E-state index >= 15 is 0 Å². The summed E-state index contributed by atoms with van der Waals surface area (Å²) in [5, 5.41) is 3.43. The molecule has 1 N–H and O–H groups in total. The molecule has 1 atom stereocenters. The van der Waals surface area contributed by atoms with Gasteiger partial charge in [0.1, 0.15) is 0 Å². The summed E-state index contributed by atoms with van der Waals surface area (Å²) in [7, 11) is 0. The Morgan fingerprint density at radius 1 is 1.62 bits per heavy atom. The zero-order valence-electron chi connectivity index (χ0n) is 8.55. The Kier molecular flexibility index (Phi) is 4.88. The van der Waals surface area contributed by atoms with Gasteiger partial charge in [-0.1, -0.05) is 12.8 Å². The summed E-state index contributed by atoms with van der Waals surface area (Å²) in [5.41, 5.74) is 0. The van der Waals surface area contributed by atoms with Crippen LogP contribution in [0, 0.1) is 18.3 Å². The quantitative estimate of drug-likeness (QED) is 0.648. The Morgan fingerprint density at radius 3 is 3.00 bits per heavy atom. The number of terminal acetylenes is 1. The van der Waals surface area contributed by atoms with Crippen LogP contribution in [-0.4, -0.2) is 37.6 Å². The molecule has 0 amide bonds. The molecule has 1 aliphatic heterocycles. The molecule has 1 aliphatic rings. The van der Waals surface area contributed by atoms with Gasteiger partial charge >= 0.3 is 0 Å². The normalized spacial score (nSPS) is 23.0. The van der Waals surface area contributed by atoms with E-state index in [1.807, 2.05) is 0 Å². The second kappa shape index (κ2) is 6.01. The summed E-state index contributed by atoms with van der Waals surface area (Å²) in [6, 6.07) is 0. The molecule has 0 aromatic carbocycles. The molecule has 1 heterocycles. The summed E-state index contributed by atoms with van der Waals surface area (Å²) in [6.45, 7) is 7.56. The van der Waals surface area contributed by atoms with Gasteiger partial charge in [-0.25, -0.2) is 0 Å². The summed E-state index contributed by atoms with van der Waals surface area (Å²) >= 11 is 0. The molecule has 13 heavy (non-hydrogen) atoms. The van der Waals surface area contributed by atoms with Crippen LogP contribution >= 0.6 is 0 Å². The van der Waals surface area contributed by atoms with Crippen molar-refractivity contribution >= 4 is 0 Å². The summed E-state index contributed by atoms with van der Waals surface area (Å²) < 4.78 is 0. The van der Waals surface area contributed by atoms with Gasteiger partial charge in [0, 0.05) is 6.54 Å². The summed E-state index contributed by atoms with van der Waals surface area (Å²) in [5.74, 6) is 3.52. The minimum atomic E-state index is 0.799. The zero-order chi connectivity index (χ0) is 9.52. The molecule has 0 radical (unpaired) electrons. The average molecular weight is 180 g/mol. The van der Waals surface area contributed by atoms with E-state index in [1.165, 1.54) is 25.9 Å². The number of piperidine rings is 1. The van der Waals surface area contributed by atoms with E-state index in [1.54, 1.807) is 0 Å². The minimum Gasteiger partial charge on any atom is -0.316 e. The van der Waals surface area contributed by atoms with Crippen LogP contribution in [0.1, 0.15) is 19.8 Å². The Morgan fingerprint density at radius 2 is 2.46 bits per heavy atom. The van der Waals surface area contributed by atoms with Crippen LogP contribution in [0.3, 0.4) is 0 Å². The molecule has 1 unspecified atom stereocenters. The van der Waals surface area contributed by atoms with Crippen LogP contribution in [0.15, 0.2) is 0 Å². The first-order chi connectivity index (χ1) is 6.36. The highest BCUT2D eigenvalue weighted by atomic mass is 15.1. The van der Waals surface area contributed by atoms with E-state index in [-0.39, 0.29) is 0 Å². The highest BCUT2D eigenvalue weighted by Crippen LogP contribution is 2.11. The number of rotatable bonds is 4. The molecule has 2 nitrogen and oxygen atoms in total. The number of nitrogens with zero attached hydrogens (tertiary/aromatic N) is 1. The van der Waals surface area contributed by atoms with Crippen LogP contribution in [0.5, 0.6) is 0 Å². The van der Waals surface area contributed by atoms with Crippen molar-refractivity contribution in [2.75, 3.05) is 32.7 Å². The second-order valence-electron chi connectivity index (χ2n) is 3.74. The van der Waals surface area contributed by atoms with Crippen LogP contribution in [-0.2, 0) is 0 Å². The highest BCUT2D eigenvalue weighted by Gasteiger charge is 2.15. The second-order valence-corrected chi connectivity index (χ2v) is 3.74. The lowest BCUT2D eigenvalue weighted by molar-refractivity contribution is 0.236. The molecule has 2 heteroatoms. The van der Waals surface area contributed by atoms with Crippen molar-refractivity contribution in [2.24, 2.45) is 5.92 Å².